The standard InChI is InChI=1S/C49H68F3N3O5/c1-4-6-8-10-12-14-28-54(29-15-13-11-9-7-5-2)34-44-36(3)45(39-26-24-37(35-56)25-27-39)60-47(59-44)42-22-17-21-41(32-42)40-20-16-19-38(31-40)33-53-46(57)43-23-18-30-55(43)48(58)49(50,51)52/h16-17,19-22,24-27,31-32,36,43-45,47,56H,4-15,18,23,28-30,33-35H2,1-3H3,(H,53,57). The molecule has 2 N–H and O–H groups in total. The number of hydrogen-bond acceptors (Lipinski definition) is 6. The molecule has 330 valence electrons. The van der Waals surface area contributed by atoms with Crippen molar-refractivity contribution in [1.82, 2.24) is 15.1 Å². The van der Waals surface area contributed by atoms with E-state index in [-0.39, 0.29) is 44.2 Å². The zero-order valence-corrected chi connectivity index (χ0v) is 36.1. The van der Waals surface area contributed by atoms with Gasteiger partial charge in [0.1, 0.15) is 6.04 Å². The van der Waals surface area contributed by atoms with E-state index >= 15 is 0 Å². The van der Waals surface area contributed by atoms with Crippen LogP contribution >= 0.6 is 0 Å². The van der Waals surface area contributed by atoms with Crippen LogP contribution in [0.15, 0.2) is 72.8 Å². The normalized spacial score (nSPS) is 20.8. The molecule has 0 aromatic heterocycles. The Balaban J connectivity index is 1.32. The quantitative estimate of drug-likeness (QED) is 0.0925. The molecule has 2 heterocycles. The van der Waals surface area contributed by atoms with Gasteiger partial charge in [0.05, 0.1) is 18.8 Å². The van der Waals surface area contributed by atoms with Crippen molar-refractivity contribution >= 4 is 11.8 Å². The van der Waals surface area contributed by atoms with Crippen LogP contribution in [0.3, 0.4) is 0 Å². The average Bonchev–Trinajstić information content (AvgIpc) is 3.75. The summed E-state index contributed by atoms with van der Waals surface area (Å²) in [7, 11) is 0. The number of hydrogen-bond donors (Lipinski definition) is 2. The smallest absolute Gasteiger partial charge is 0.392 e. The van der Waals surface area contributed by atoms with Crippen LogP contribution in [0.5, 0.6) is 0 Å². The second kappa shape index (κ2) is 24.0. The lowest BCUT2D eigenvalue weighted by Crippen LogP contribution is -2.50. The van der Waals surface area contributed by atoms with Crippen molar-refractivity contribution in [3.63, 3.8) is 0 Å². The maximum Gasteiger partial charge on any atom is 0.471 e. The number of carbonyl (C=O) groups excluding carboxylic acids is 2. The van der Waals surface area contributed by atoms with Crippen LogP contribution in [0.4, 0.5) is 13.2 Å². The molecule has 2 saturated heterocycles. The monoisotopic (exact) mass is 836 g/mol. The zero-order chi connectivity index (χ0) is 42.9. The van der Waals surface area contributed by atoms with Gasteiger partial charge in [-0.2, -0.15) is 13.2 Å². The molecule has 0 saturated carbocycles. The highest BCUT2D eigenvalue weighted by atomic mass is 19.4. The Morgan fingerprint density at radius 2 is 1.40 bits per heavy atom. The third-order valence-corrected chi connectivity index (χ3v) is 12.2. The van der Waals surface area contributed by atoms with Crippen molar-refractivity contribution in [2.24, 2.45) is 5.92 Å². The predicted octanol–water partition coefficient (Wildman–Crippen LogP) is 10.8. The number of rotatable bonds is 23. The van der Waals surface area contributed by atoms with Crippen LogP contribution < -0.4 is 5.32 Å². The number of halogens is 3. The highest BCUT2D eigenvalue weighted by Gasteiger charge is 2.47. The van der Waals surface area contributed by atoms with Crippen LogP contribution in [0, 0.1) is 5.92 Å². The summed E-state index contributed by atoms with van der Waals surface area (Å²) in [6.07, 6.45) is 9.59. The minimum atomic E-state index is -5.02. The second-order valence-electron chi connectivity index (χ2n) is 16.9. The number of amides is 2. The molecular formula is C49H68F3N3O5. The third-order valence-electron chi connectivity index (χ3n) is 12.2. The summed E-state index contributed by atoms with van der Waals surface area (Å²) < 4.78 is 53.3. The number of aliphatic hydroxyl groups is 1. The van der Waals surface area contributed by atoms with Gasteiger partial charge in [-0.1, -0.05) is 146 Å². The van der Waals surface area contributed by atoms with E-state index in [9.17, 15) is 27.9 Å². The SMILES string of the molecule is CCCCCCCCN(CCCCCCCC)CC1OC(c2cccc(-c3cccc(CNC(=O)C4CCCN4C(=O)C(F)(F)F)c3)c2)OC(c2ccc(CO)cc2)C1C. The van der Waals surface area contributed by atoms with Crippen molar-refractivity contribution in [3.05, 3.63) is 95.1 Å². The summed E-state index contributed by atoms with van der Waals surface area (Å²) in [6.45, 7) is 9.63. The molecule has 5 unspecified atom stereocenters. The number of ether oxygens (including phenoxy) is 2. The molecule has 0 aliphatic carbocycles. The van der Waals surface area contributed by atoms with Crippen molar-refractivity contribution in [1.29, 1.82) is 0 Å². The van der Waals surface area contributed by atoms with Gasteiger partial charge in [-0.15, -0.1) is 0 Å². The van der Waals surface area contributed by atoms with Gasteiger partial charge < -0.3 is 29.7 Å². The molecule has 8 nitrogen and oxygen atoms in total. The van der Waals surface area contributed by atoms with E-state index in [1.807, 2.05) is 54.6 Å². The molecule has 3 aromatic rings. The fourth-order valence-electron chi connectivity index (χ4n) is 8.59. The van der Waals surface area contributed by atoms with Gasteiger partial charge >= 0.3 is 12.1 Å². The molecule has 0 bridgehead atoms. The van der Waals surface area contributed by atoms with Gasteiger partial charge in [0.25, 0.3) is 0 Å². The summed E-state index contributed by atoms with van der Waals surface area (Å²) >= 11 is 0. The molecule has 5 atom stereocenters. The maximum atomic E-state index is 13.2. The Morgan fingerprint density at radius 3 is 2.03 bits per heavy atom. The summed E-state index contributed by atoms with van der Waals surface area (Å²) in [5, 5.41) is 12.5. The number of nitrogens with zero attached hydrogens (tertiary/aromatic N) is 2. The summed E-state index contributed by atoms with van der Waals surface area (Å²) in [5.74, 6) is -2.50. The van der Waals surface area contributed by atoms with Crippen LogP contribution in [-0.2, 0) is 32.2 Å². The first-order valence-electron chi connectivity index (χ1n) is 22.6. The largest absolute Gasteiger partial charge is 0.471 e. The molecule has 2 amide bonds. The number of benzene rings is 3. The number of aliphatic hydroxyl groups excluding tert-OH is 1. The molecule has 0 radical (unpaired) electrons. The Labute approximate surface area is 356 Å². The highest BCUT2D eigenvalue weighted by molar-refractivity contribution is 5.90. The molecule has 2 fully saturated rings. The van der Waals surface area contributed by atoms with Crippen molar-refractivity contribution in [3.8, 4) is 11.1 Å². The number of nitrogens with one attached hydrogen (secondary N) is 1. The van der Waals surface area contributed by atoms with Crippen LogP contribution in [0.25, 0.3) is 11.1 Å². The zero-order valence-electron chi connectivity index (χ0n) is 36.1. The number of likely N-dealkylation sites (tertiary alicyclic amines) is 1. The van der Waals surface area contributed by atoms with E-state index < -0.39 is 30.3 Å². The maximum absolute atomic E-state index is 13.2. The van der Waals surface area contributed by atoms with E-state index in [1.54, 1.807) is 0 Å². The number of unbranched alkanes of at least 4 members (excludes halogenated alkanes) is 10. The molecular weight excluding hydrogens is 768 g/mol. The first-order valence-corrected chi connectivity index (χ1v) is 22.6. The minimum Gasteiger partial charge on any atom is -0.392 e. The molecule has 2 aliphatic rings. The Bertz CT molecular complexity index is 1740. The summed E-state index contributed by atoms with van der Waals surface area (Å²) in [6, 6.07) is 22.6. The van der Waals surface area contributed by atoms with Gasteiger partial charge in [-0.05, 0) is 78.7 Å². The van der Waals surface area contributed by atoms with Crippen molar-refractivity contribution in [2.75, 3.05) is 26.2 Å². The second-order valence-corrected chi connectivity index (χ2v) is 16.9. The molecule has 0 spiro atoms. The van der Waals surface area contributed by atoms with Crippen LogP contribution in [0.2, 0.25) is 0 Å². The average molecular weight is 836 g/mol. The fourth-order valence-corrected chi connectivity index (χ4v) is 8.59. The molecule has 2 aliphatic heterocycles. The Hall–Kier alpha value is -3.77. The lowest BCUT2D eigenvalue weighted by atomic mass is 9.89. The third kappa shape index (κ3) is 13.9. The summed E-state index contributed by atoms with van der Waals surface area (Å²) in [5.41, 5.74) is 5.39. The van der Waals surface area contributed by atoms with E-state index in [4.69, 9.17) is 9.47 Å². The Morgan fingerprint density at radius 1 is 0.783 bits per heavy atom. The van der Waals surface area contributed by atoms with Crippen molar-refractivity contribution < 1.29 is 37.3 Å². The molecule has 60 heavy (non-hydrogen) atoms. The van der Waals surface area contributed by atoms with Crippen LogP contribution in [-0.4, -0.2) is 71.2 Å². The van der Waals surface area contributed by atoms with E-state index in [0.717, 1.165) is 53.0 Å². The van der Waals surface area contributed by atoms with Crippen LogP contribution in [0.1, 0.15) is 145 Å². The van der Waals surface area contributed by atoms with E-state index in [1.165, 1.54) is 77.0 Å². The molecule has 11 heteroatoms. The topological polar surface area (TPSA) is 91.3 Å². The first kappa shape index (κ1) is 47.3. The minimum absolute atomic E-state index is 0.0238. The highest BCUT2D eigenvalue weighted by Crippen LogP contribution is 2.42. The predicted molar refractivity (Wildman–Crippen MR) is 231 cm³/mol. The van der Waals surface area contributed by atoms with Gasteiger partial charge in [-0.25, -0.2) is 0 Å². The lowest BCUT2D eigenvalue weighted by Gasteiger charge is -2.43. The Kier molecular flexibility index (Phi) is 18.9. The molecule has 5 rings (SSSR count). The number of alkyl halides is 3. The van der Waals surface area contributed by atoms with E-state index in [2.05, 4.69) is 49.2 Å². The van der Waals surface area contributed by atoms with Gasteiger partial charge in [0.15, 0.2) is 6.29 Å². The van der Waals surface area contributed by atoms with Crippen molar-refractivity contribution in [2.45, 2.75) is 155 Å². The van der Waals surface area contributed by atoms with Gasteiger partial charge in [0, 0.05) is 31.1 Å². The number of carbonyl (C=O) groups is 2. The fraction of sp³-hybridized carbons (Fsp3) is 0.592. The van der Waals surface area contributed by atoms with Gasteiger partial charge in [0.2, 0.25) is 5.91 Å². The summed E-state index contributed by atoms with van der Waals surface area (Å²) in [4.78, 5) is 28.2. The van der Waals surface area contributed by atoms with E-state index in [0.29, 0.717) is 11.3 Å². The van der Waals surface area contributed by atoms with Gasteiger partial charge in [-0.3, -0.25) is 9.59 Å². The lowest BCUT2D eigenvalue weighted by molar-refractivity contribution is -0.276. The molecule has 3 aromatic carbocycles. The first-order chi connectivity index (χ1) is 29.0.